The van der Waals surface area contributed by atoms with Crippen molar-refractivity contribution >= 4 is 17.2 Å². The fourth-order valence-corrected chi connectivity index (χ4v) is 4.03. The molecule has 10 heteroatoms. The second kappa shape index (κ2) is 7.39. The van der Waals surface area contributed by atoms with Gasteiger partial charge in [0.25, 0.3) is 0 Å². The second-order valence-corrected chi connectivity index (χ2v) is 8.20. The van der Waals surface area contributed by atoms with Gasteiger partial charge in [-0.15, -0.1) is 0 Å². The minimum Gasteiger partial charge on any atom is -0.450 e. The zero-order chi connectivity index (χ0) is 23.4. The molecule has 2 heterocycles. The van der Waals surface area contributed by atoms with E-state index in [-0.39, 0.29) is 22.7 Å². The van der Waals surface area contributed by atoms with E-state index in [1.165, 1.54) is 6.20 Å². The Balaban J connectivity index is 1.55. The molecule has 1 saturated carbocycles. The van der Waals surface area contributed by atoms with E-state index in [4.69, 9.17) is 16.3 Å². The fraction of sp³-hybridized carbons (Fsp3) is 0.174. The van der Waals surface area contributed by atoms with Crippen molar-refractivity contribution in [2.24, 2.45) is 0 Å². The molecule has 2 aromatic heterocycles. The number of nitriles is 1. The first kappa shape index (κ1) is 21.1. The molecule has 0 bridgehead atoms. The molecule has 2 aromatic carbocycles. The molecule has 0 amide bonds. The standard InChI is InChI=1S/C23H14ClF3N4O2/c24-15-5-1-13(2-6-15)22(9-10-22)19-17(11-28)20-29-12-18(21(32)31(20)30-19)33-16-7-3-14(4-8-16)23(25,26)27/h1-8,12,29H,9-10H2. The van der Waals surface area contributed by atoms with Gasteiger partial charge in [0.2, 0.25) is 5.75 Å². The summed E-state index contributed by atoms with van der Waals surface area (Å²) in [6.07, 6.45) is -1.69. The first-order valence-electron chi connectivity index (χ1n) is 9.89. The van der Waals surface area contributed by atoms with Crippen LogP contribution >= 0.6 is 11.6 Å². The van der Waals surface area contributed by atoms with Crippen LogP contribution < -0.4 is 10.3 Å². The number of H-pyrrole nitrogens is 1. The topological polar surface area (TPSA) is 83.2 Å². The Hall–Kier alpha value is -3.77. The summed E-state index contributed by atoms with van der Waals surface area (Å²) in [7, 11) is 0. The molecular formula is C23H14ClF3N4O2. The van der Waals surface area contributed by atoms with E-state index in [1.807, 2.05) is 12.1 Å². The summed E-state index contributed by atoms with van der Waals surface area (Å²) in [6, 6.07) is 13.4. The number of aromatic amines is 1. The van der Waals surface area contributed by atoms with Gasteiger partial charge < -0.3 is 9.72 Å². The van der Waals surface area contributed by atoms with E-state index >= 15 is 0 Å². The average molecular weight is 471 g/mol. The fourth-order valence-electron chi connectivity index (χ4n) is 3.91. The summed E-state index contributed by atoms with van der Waals surface area (Å²) in [6.45, 7) is 0. The van der Waals surface area contributed by atoms with Crippen molar-refractivity contribution in [3.8, 4) is 17.6 Å². The van der Waals surface area contributed by atoms with Gasteiger partial charge in [-0.1, -0.05) is 23.7 Å². The van der Waals surface area contributed by atoms with Crippen molar-refractivity contribution in [3.63, 3.8) is 0 Å². The lowest BCUT2D eigenvalue weighted by Gasteiger charge is -2.13. The third-order valence-electron chi connectivity index (χ3n) is 5.75. The Bertz CT molecular complexity index is 1460. The predicted octanol–water partition coefficient (Wildman–Crippen LogP) is 5.44. The average Bonchev–Trinajstić information content (AvgIpc) is 3.50. The van der Waals surface area contributed by atoms with Crippen LogP contribution in [0.3, 0.4) is 0 Å². The Morgan fingerprint density at radius 3 is 2.36 bits per heavy atom. The lowest BCUT2D eigenvalue weighted by atomic mass is 9.90. The third kappa shape index (κ3) is 3.52. The molecule has 5 rings (SSSR count). The molecule has 4 aromatic rings. The zero-order valence-corrected chi connectivity index (χ0v) is 17.5. The number of hydrogen-bond donors (Lipinski definition) is 1. The molecule has 1 aliphatic carbocycles. The maximum absolute atomic E-state index is 13.0. The lowest BCUT2D eigenvalue weighted by Crippen LogP contribution is -2.17. The van der Waals surface area contributed by atoms with Crippen LogP contribution in [0.4, 0.5) is 13.2 Å². The smallest absolute Gasteiger partial charge is 0.416 e. The molecule has 0 saturated heterocycles. The predicted molar refractivity (Wildman–Crippen MR) is 114 cm³/mol. The number of ether oxygens (including phenoxy) is 1. The number of alkyl halides is 3. The van der Waals surface area contributed by atoms with E-state index < -0.39 is 22.7 Å². The quantitative estimate of drug-likeness (QED) is 0.430. The maximum atomic E-state index is 13.0. The van der Waals surface area contributed by atoms with Crippen molar-refractivity contribution < 1.29 is 17.9 Å². The van der Waals surface area contributed by atoms with Crippen LogP contribution in [0.25, 0.3) is 5.65 Å². The highest BCUT2D eigenvalue weighted by Crippen LogP contribution is 2.54. The summed E-state index contributed by atoms with van der Waals surface area (Å²) < 4.78 is 44.8. The highest BCUT2D eigenvalue weighted by atomic mass is 35.5. The van der Waals surface area contributed by atoms with Gasteiger partial charge >= 0.3 is 11.7 Å². The molecule has 0 radical (unpaired) electrons. The summed E-state index contributed by atoms with van der Waals surface area (Å²) in [5.41, 5.74) is -0.0630. The number of hydrogen-bond acceptors (Lipinski definition) is 4. The zero-order valence-electron chi connectivity index (χ0n) is 16.8. The van der Waals surface area contributed by atoms with Crippen molar-refractivity contribution in [1.82, 2.24) is 14.6 Å². The number of rotatable bonds is 4. The number of nitrogens with one attached hydrogen (secondary N) is 1. The molecule has 1 N–H and O–H groups in total. The maximum Gasteiger partial charge on any atom is 0.416 e. The van der Waals surface area contributed by atoms with E-state index in [2.05, 4.69) is 16.2 Å². The highest BCUT2D eigenvalue weighted by molar-refractivity contribution is 6.30. The molecule has 0 aliphatic heterocycles. The van der Waals surface area contributed by atoms with E-state index in [0.29, 0.717) is 10.7 Å². The minimum atomic E-state index is -4.48. The Morgan fingerprint density at radius 1 is 1.12 bits per heavy atom. The number of fused-ring (bicyclic) bond motifs is 1. The van der Waals surface area contributed by atoms with E-state index in [0.717, 1.165) is 47.2 Å². The number of aromatic nitrogens is 3. The molecule has 0 atom stereocenters. The molecule has 33 heavy (non-hydrogen) atoms. The lowest BCUT2D eigenvalue weighted by molar-refractivity contribution is -0.137. The summed E-state index contributed by atoms with van der Waals surface area (Å²) in [5.74, 6) is -0.113. The third-order valence-corrected chi connectivity index (χ3v) is 6.00. The molecule has 0 unspecified atom stereocenters. The van der Waals surface area contributed by atoms with Gasteiger partial charge in [-0.3, -0.25) is 4.79 Å². The Morgan fingerprint density at radius 2 is 1.79 bits per heavy atom. The van der Waals surface area contributed by atoms with Crippen LogP contribution in [0.1, 0.15) is 35.2 Å². The normalized spacial score (nSPS) is 14.8. The molecule has 6 nitrogen and oxygen atoms in total. The van der Waals surface area contributed by atoms with E-state index in [9.17, 15) is 23.2 Å². The van der Waals surface area contributed by atoms with Gasteiger partial charge in [-0.05, 0) is 54.8 Å². The van der Waals surface area contributed by atoms with Crippen LogP contribution in [0.2, 0.25) is 5.02 Å². The van der Waals surface area contributed by atoms with Gasteiger partial charge in [0.1, 0.15) is 17.4 Å². The molecule has 1 aliphatic rings. The van der Waals surface area contributed by atoms with Crippen LogP contribution in [0, 0.1) is 11.3 Å². The Kier molecular flexibility index (Phi) is 4.72. The Labute approximate surface area is 189 Å². The van der Waals surface area contributed by atoms with Crippen molar-refractivity contribution in [3.05, 3.63) is 92.5 Å². The first-order valence-corrected chi connectivity index (χ1v) is 10.3. The number of halogens is 4. The second-order valence-electron chi connectivity index (χ2n) is 7.77. The van der Waals surface area contributed by atoms with Crippen LogP contribution in [0.5, 0.6) is 11.5 Å². The molecule has 1 fully saturated rings. The highest BCUT2D eigenvalue weighted by Gasteiger charge is 2.50. The summed E-state index contributed by atoms with van der Waals surface area (Å²) in [5, 5.41) is 14.8. The SMILES string of the molecule is N#Cc1c(C2(c3ccc(Cl)cc3)CC2)nn2c(=O)c(Oc3ccc(C(F)(F)F)cc3)c[nH]c12. The summed E-state index contributed by atoms with van der Waals surface area (Å²) in [4.78, 5) is 15.9. The van der Waals surface area contributed by atoms with Gasteiger partial charge in [0.15, 0.2) is 5.65 Å². The van der Waals surface area contributed by atoms with Crippen molar-refractivity contribution in [2.45, 2.75) is 24.4 Å². The van der Waals surface area contributed by atoms with Gasteiger partial charge in [0, 0.05) is 10.4 Å². The minimum absolute atomic E-state index is 0.0561. The van der Waals surface area contributed by atoms with Gasteiger partial charge in [-0.25, -0.2) is 0 Å². The van der Waals surface area contributed by atoms with E-state index in [1.54, 1.807) is 12.1 Å². The van der Waals surface area contributed by atoms with Gasteiger partial charge in [-0.2, -0.15) is 28.0 Å². The van der Waals surface area contributed by atoms with Crippen LogP contribution in [-0.4, -0.2) is 14.6 Å². The monoisotopic (exact) mass is 470 g/mol. The first-order chi connectivity index (χ1) is 15.7. The molecule has 166 valence electrons. The van der Waals surface area contributed by atoms with Gasteiger partial charge in [0.05, 0.1) is 17.5 Å². The van der Waals surface area contributed by atoms with Crippen molar-refractivity contribution in [2.75, 3.05) is 0 Å². The van der Waals surface area contributed by atoms with Crippen LogP contribution in [-0.2, 0) is 11.6 Å². The molecular weight excluding hydrogens is 457 g/mol. The largest absolute Gasteiger partial charge is 0.450 e. The number of benzene rings is 2. The number of nitrogens with zero attached hydrogens (tertiary/aromatic N) is 3. The van der Waals surface area contributed by atoms with Crippen LogP contribution in [0.15, 0.2) is 59.5 Å². The van der Waals surface area contributed by atoms with Crippen molar-refractivity contribution in [1.29, 1.82) is 5.26 Å². The molecule has 0 spiro atoms. The summed E-state index contributed by atoms with van der Waals surface area (Å²) >= 11 is 6.00.